The predicted molar refractivity (Wildman–Crippen MR) is 102 cm³/mol. The summed E-state index contributed by atoms with van der Waals surface area (Å²) in [6, 6.07) is 5.10. The van der Waals surface area contributed by atoms with E-state index in [1.165, 1.54) is 5.57 Å². The van der Waals surface area contributed by atoms with Gasteiger partial charge >= 0.3 is 0 Å². The minimum Gasteiger partial charge on any atom is -0.506 e. The quantitative estimate of drug-likeness (QED) is 0.693. The van der Waals surface area contributed by atoms with Crippen molar-refractivity contribution in [1.82, 2.24) is 4.90 Å². The van der Waals surface area contributed by atoms with Crippen molar-refractivity contribution in [3.63, 3.8) is 0 Å². The van der Waals surface area contributed by atoms with E-state index in [0.717, 1.165) is 18.7 Å². The van der Waals surface area contributed by atoms with Crippen LogP contribution in [-0.4, -0.2) is 60.6 Å². The molecule has 5 aliphatic heterocycles. The molecule has 5 atom stereocenters. The van der Waals surface area contributed by atoms with Crippen LogP contribution in [0.4, 0.5) is 5.69 Å². The minimum atomic E-state index is -0.749. The van der Waals surface area contributed by atoms with Gasteiger partial charge in [-0.3, -0.25) is 9.59 Å². The number of ketones is 1. The zero-order valence-corrected chi connectivity index (χ0v) is 15.9. The van der Waals surface area contributed by atoms with Crippen molar-refractivity contribution in [3.8, 4) is 5.75 Å². The Balaban J connectivity index is 1.67. The Morgan fingerprint density at radius 1 is 1.25 bits per heavy atom. The van der Waals surface area contributed by atoms with E-state index in [2.05, 4.69) is 18.0 Å². The highest BCUT2D eigenvalue weighted by molar-refractivity contribution is 6.07. The van der Waals surface area contributed by atoms with Gasteiger partial charge in [-0.15, -0.1) is 0 Å². The van der Waals surface area contributed by atoms with Crippen LogP contribution in [0.15, 0.2) is 29.8 Å². The molecule has 1 N–H and O–H groups in total. The Morgan fingerprint density at radius 2 is 2.11 bits per heavy atom. The fourth-order valence-electron chi connectivity index (χ4n) is 6.71. The van der Waals surface area contributed by atoms with Crippen molar-refractivity contribution in [2.45, 2.75) is 36.8 Å². The number of Topliss-reactive ketones (excluding diaryl/α,β-unsaturated/α-hetero) is 1. The molecular weight excluding hydrogens is 356 g/mol. The number of ether oxygens (including phenoxy) is 1. The van der Waals surface area contributed by atoms with E-state index in [4.69, 9.17) is 4.74 Å². The smallest absolute Gasteiger partial charge is 0.230 e. The molecule has 0 unspecified atom stereocenters. The molecule has 6 nitrogen and oxygen atoms in total. The second-order valence-corrected chi connectivity index (χ2v) is 9.01. The number of piperidine rings is 1. The van der Waals surface area contributed by atoms with Crippen LogP contribution in [0.1, 0.15) is 24.8 Å². The van der Waals surface area contributed by atoms with Crippen molar-refractivity contribution < 1.29 is 19.4 Å². The largest absolute Gasteiger partial charge is 0.506 e. The molecule has 1 amide bonds. The third kappa shape index (κ3) is 1.85. The summed E-state index contributed by atoms with van der Waals surface area (Å²) >= 11 is 0. The van der Waals surface area contributed by atoms with Crippen LogP contribution in [-0.2, 0) is 19.7 Å². The lowest BCUT2D eigenvalue weighted by Crippen LogP contribution is -2.66. The molecule has 5 heterocycles. The van der Waals surface area contributed by atoms with E-state index in [1.807, 2.05) is 6.07 Å². The Kier molecular flexibility index (Phi) is 3.26. The first kappa shape index (κ1) is 16.7. The molecule has 0 aromatic heterocycles. The predicted octanol–water partition coefficient (Wildman–Crippen LogP) is 1.61. The third-order valence-electron chi connectivity index (χ3n) is 7.80. The number of hydrogen-bond acceptors (Lipinski definition) is 5. The van der Waals surface area contributed by atoms with Gasteiger partial charge < -0.3 is 19.6 Å². The standard InChI is InChI=1S/C22H24N2O4/c1-23-7-6-22-14-3-2-4-15(25)20(14)24-18(27)10-16-19(21(22)24)13(9-17(22)26)12(11-23)5-8-28-16/h2-5,13,16,19,21,25H,6-11H2,1H3/t13-,16-,19-,21-,22+/m1/s1. The second-order valence-electron chi connectivity index (χ2n) is 9.01. The molecule has 146 valence electrons. The number of phenols is 1. The van der Waals surface area contributed by atoms with Crippen molar-refractivity contribution >= 4 is 17.4 Å². The number of nitrogens with zero attached hydrogens (tertiary/aromatic N) is 2. The number of anilines is 1. The number of phenolic OH excluding ortho intramolecular Hbond substituents is 1. The molecule has 28 heavy (non-hydrogen) atoms. The Labute approximate surface area is 163 Å². The molecule has 1 aromatic rings. The normalized spacial score (nSPS) is 39.0. The van der Waals surface area contributed by atoms with E-state index in [9.17, 15) is 14.7 Å². The van der Waals surface area contributed by atoms with Gasteiger partial charge in [0, 0.05) is 18.9 Å². The molecule has 4 fully saturated rings. The Hall–Kier alpha value is -2.18. The van der Waals surface area contributed by atoms with Gasteiger partial charge in [0.05, 0.1) is 36.3 Å². The fraction of sp³-hybridized carbons (Fsp3) is 0.545. The van der Waals surface area contributed by atoms with Gasteiger partial charge in [-0.2, -0.15) is 0 Å². The second kappa shape index (κ2) is 5.45. The van der Waals surface area contributed by atoms with Crippen LogP contribution >= 0.6 is 0 Å². The molecule has 4 bridgehead atoms. The highest BCUT2D eigenvalue weighted by Crippen LogP contribution is 2.62. The number of hydrogen-bond donors (Lipinski definition) is 1. The summed E-state index contributed by atoms with van der Waals surface area (Å²) in [6.45, 7) is 2.12. The molecule has 6 aliphatic rings. The summed E-state index contributed by atoms with van der Waals surface area (Å²) in [7, 11) is 2.10. The van der Waals surface area contributed by atoms with Gasteiger partial charge in [-0.05, 0) is 37.6 Å². The summed E-state index contributed by atoms with van der Waals surface area (Å²) in [5.41, 5.74) is 1.91. The van der Waals surface area contributed by atoms with Crippen molar-refractivity contribution in [3.05, 3.63) is 35.4 Å². The van der Waals surface area contributed by atoms with E-state index < -0.39 is 5.41 Å². The molecule has 6 heteroatoms. The molecule has 1 spiro atoms. The summed E-state index contributed by atoms with van der Waals surface area (Å²) in [5, 5.41) is 10.7. The van der Waals surface area contributed by atoms with Gasteiger partial charge in [0.25, 0.3) is 0 Å². The number of benzene rings is 1. The molecule has 1 saturated carbocycles. The van der Waals surface area contributed by atoms with Gasteiger partial charge in [0.15, 0.2) is 0 Å². The summed E-state index contributed by atoms with van der Waals surface area (Å²) in [4.78, 5) is 31.1. The number of amides is 1. The third-order valence-corrected chi connectivity index (χ3v) is 7.80. The number of likely N-dealkylation sites (N-methyl/N-ethyl adjacent to an activating group) is 1. The number of carbonyl (C=O) groups excluding carboxylic acids is 2. The average molecular weight is 380 g/mol. The van der Waals surface area contributed by atoms with Gasteiger partial charge in [-0.25, -0.2) is 0 Å². The zero-order chi connectivity index (χ0) is 19.2. The molecule has 0 radical (unpaired) electrons. The lowest BCUT2D eigenvalue weighted by Gasteiger charge is -2.53. The summed E-state index contributed by atoms with van der Waals surface area (Å²) in [6.07, 6.45) is 3.44. The maximum absolute atomic E-state index is 13.8. The Morgan fingerprint density at radius 3 is 2.96 bits per heavy atom. The Bertz CT molecular complexity index is 940. The highest BCUT2D eigenvalue weighted by Gasteiger charge is 2.68. The zero-order valence-electron chi connectivity index (χ0n) is 15.9. The number of rotatable bonds is 0. The number of aromatic hydroxyl groups is 1. The SMILES string of the molecule is CN1CC[C@@]23C(=O)C[C@@H]4C(=CCO[C@@H]5CC(=O)N(c6c(O)cccc62)[C@@H]3[C@H]45)C1. The average Bonchev–Trinajstić information content (AvgIpc) is 2.92. The molecule has 3 saturated heterocycles. The van der Waals surface area contributed by atoms with Crippen LogP contribution in [0.2, 0.25) is 0 Å². The van der Waals surface area contributed by atoms with Crippen LogP contribution in [0.5, 0.6) is 5.75 Å². The number of fused-ring (bicyclic) bond motifs is 6. The van der Waals surface area contributed by atoms with Crippen LogP contribution in [0.25, 0.3) is 0 Å². The van der Waals surface area contributed by atoms with Crippen molar-refractivity contribution in [2.75, 3.05) is 31.6 Å². The first-order valence-electron chi connectivity index (χ1n) is 10.2. The van der Waals surface area contributed by atoms with Crippen molar-refractivity contribution in [1.29, 1.82) is 0 Å². The topological polar surface area (TPSA) is 70.1 Å². The maximum atomic E-state index is 13.8. The van der Waals surface area contributed by atoms with E-state index >= 15 is 0 Å². The van der Waals surface area contributed by atoms with Crippen LogP contribution in [0.3, 0.4) is 0 Å². The number of carbonyl (C=O) groups is 2. The molecule has 1 aromatic carbocycles. The monoisotopic (exact) mass is 380 g/mol. The minimum absolute atomic E-state index is 0.0413. The first-order valence-corrected chi connectivity index (χ1v) is 10.2. The van der Waals surface area contributed by atoms with Gasteiger partial charge in [0.2, 0.25) is 5.91 Å². The first-order chi connectivity index (χ1) is 13.5. The van der Waals surface area contributed by atoms with Gasteiger partial charge in [0.1, 0.15) is 11.5 Å². The molecule has 7 rings (SSSR count). The summed E-state index contributed by atoms with van der Waals surface area (Å²) in [5.74, 6) is 0.455. The highest BCUT2D eigenvalue weighted by atomic mass is 16.5. The lowest BCUT2D eigenvalue weighted by atomic mass is 9.55. The van der Waals surface area contributed by atoms with Crippen LogP contribution < -0.4 is 4.90 Å². The fourth-order valence-corrected chi connectivity index (χ4v) is 6.71. The van der Waals surface area contributed by atoms with E-state index in [-0.39, 0.29) is 41.4 Å². The lowest BCUT2D eigenvalue weighted by molar-refractivity contribution is -0.140. The van der Waals surface area contributed by atoms with Gasteiger partial charge in [-0.1, -0.05) is 23.8 Å². The summed E-state index contributed by atoms with van der Waals surface area (Å²) < 4.78 is 6.17. The number of para-hydroxylation sites is 1. The molecular formula is C22H24N2O4. The van der Waals surface area contributed by atoms with Crippen LogP contribution in [0, 0.1) is 11.8 Å². The van der Waals surface area contributed by atoms with E-state index in [1.54, 1.807) is 17.0 Å². The molecule has 1 aliphatic carbocycles. The van der Waals surface area contributed by atoms with Crippen molar-refractivity contribution in [2.24, 2.45) is 11.8 Å². The van der Waals surface area contributed by atoms with E-state index in [0.29, 0.717) is 31.6 Å². The maximum Gasteiger partial charge on any atom is 0.230 e.